The van der Waals surface area contributed by atoms with Gasteiger partial charge in [0.25, 0.3) is 0 Å². The normalized spacial score (nSPS) is 11.2. The molecule has 0 aliphatic heterocycles. The Bertz CT molecular complexity index is 472. The lowest BCUT2D eigenvalue weighted by molar-refractivity contribution is 0.282. The number of rotatable bonds is 2. The largest absolute Gasteiger partial charge is 0.392 e. The van der Waals surface area contributed by atoms with Crippen molar-refractivity contribution < 1.29 is 5.11 Å². The molecule has 1 heteroatoms. The number of benzene rings is 2. The molecule has 15 heavy (non-hydrogen) atoms. The summed E-state index contributed by atoms with van der Waals surface area (Å²) >= 11 is 0. The molecule has 0 aromatic heterocycles. The zero-order valence-corrected chi connectivity index (χ0v) is 9.20. The molecular weight excluding hydrogens is 184 g/mol. The molecule has 1 nitrogen and oxygen atoms in total. The second-order valence-electron chi connectivity index (χ2n) is 4.25. The summed E-state index contributed by atoms with van der Waals surface area (Å²) < 4.78 is 0. The summed E-state index contributed by atoms with van der Waals surface area (Å²) in [6.45, 7) is 4.51. The minimum Gasteiger partial charge on any atom is -0.392 e. The van der Waals surface area contributed by atoms with Gasteiger partial charge in [-0.05, 0) is 33.9 Å². The fraction of sp³-hybridized carbons (Fsp3) is 0.286. The number of aliphatic hydroxyl groups is 1. The van der Waals surface area contributed by atoms with E-state index in [1.807, 2.05) is 12.1 Å². The van der Waals surface area contributed by atoms with E-state index in [9.17, 15) is 0 Å². The highest BCUT2D eigenvalue weighted by Crippen LogP contribution is 2.22. The topological polar surface area (TPSA) is 20.2 Å². The van der Waals surface area contributed by atoms with Gasteiger partial charge in [0.05, 0.1) is 6.61 Å². The summed E-state index contributed by atoms with van der Waals surface area (Å²) in [5.41, 5.74) is 2.33. The molecular formula is C14H16O. The quantitative estimate of drug-likeness (QED) is 0.787. The van der Waals surface area contributed by atoms with E-state index in [-0.39, 0.29) is 6.61 Å². The number of aliphatic hydroxyl groups excluding tert-OH is 1. The molecule has 78 valence electrons. The Labute approximate surface area is 90.4 Å². The first kappa shape index (κ1) is 10.2. The van der Waals surface area contributed by atoms with E-state index in [4.69, 9.17) is 5.11 Å². The molecule has 0 radical (unpaired) electrons. The highest BCUT2D eigenvalue weighted by Gasteiger charge is 2.01. The molecule has 2 aromatic rings. The molecule has 2 rings (SSSR count). The number of fused-ring (bicyclic) bond motifs is 1. The Kier molecular flexibility index (Phi) is 2.74. The van der Waals surface area contributed by atoms with Crippen LogP contribution in [-0.4, -0.2) is 5.11 Å². The molecule has 0 atom stereocenters. The van der Waals surface area contributed by atoms with Crippen molar-refractivity contribution in [1.29, 1.82) is 0 Å². The van der Waals surface area contributed by atoms with Crippen LogP contribution in [0.1, 0.15) is 30.9 Å². The van der Waals surface area contributed by atoms with Gasteiger partial charge in [0.15, 0.2) is 0 Å². The van der Waals surface area contributed by atoms with E-state index < -0.39 is 0 Å². The van der Waals surface area contributed by atoms with Crippen molar-refractivity contribution in [3.8, 4) is 0 Å². The van der Waals surface area contributed by atoms with Crippen LogP contribution >= 0.6 is 0 Å². The standard InChI is InChI=1S/C14H16O/c1-10(2)12-5-6-13-7-11(9-15)3-4-14(13)8-12/h3-8,10,15H,9H2,1-2H3. The van der Waals surface area contributed by atoms with E-state index in [1.54, 1.807) is 0 Å². The summed E-state index contributed by atoms with van der Waals surface area (Å²) in [7, 11) is 0. The minimum absolute atomic E-state index is 0.113. The van der Waals surface area contributed by atoms with Crippen LogP contribution in [0.2, 0.25) is 0 Å². The highest BCUT2D eigenvalue weighted by atomic mass is 16.3. The van der Waals surface area contributed by atoms with Crippen molar-refractivity contribution >= 4 is 10.8 Å². The minimum atomic E-state index is 0.113. The Morgan fingerprint density at radius 3 is 2.33 bits per heavy atom. The Hall–Kier alpha value is -1.34. The van der Waals surface area contributed by atoms with Crippen LogP contribution in [0.5, 0.6) is 0 Å². The van der Waals surface area contributed by atoms with E-state index >= 15 is 0 Å². The predicted octanol–water partition coefficient (Wildman–Crippen LogP) is 3.46. The third kappa shape index (κ3) is 2.02. The molecule has 0 spiro atoms. The molecule has 0 bridgehead atoms. The van der Waals surface area contributed by atoms with E-state index in [0.717, 1.165) is 5.56 Å². The zero-order valence-electron chi connectivity index (χ0n) is 9.20. The summed E-state index contributed by atoms with van der Waals surface area (Å²) in [5, 5.41) is 11.5. The van der Waals surface area contributed by atoms with Gasteiger partial charge in [-0.3, -0.25) is 0 Å². The van der Waals surface area contributed by atoms with Crippen molar-refractivity contribution in [2.24, 2.45) is 0 Å². The third-order valence-corrected chi connectivity index (χ3v) is 2.78. The molecule has 0 amide bonds. The Morgan fingerprint density at radius 2 is 1.67 bits per heavy atom. The van der Waals surface area contributed by atoms with Gasteiger partial charge >= 0.3 is 0 Å². The molecule has 0 fully saturated rings. The second kappa shape index (κ2) is 4.03. The highest BCUT2D eigenvalue weighted by molar-refractivity contribution is 5.83. The number of hydrogen-bond acceptors (Lipinski definition) is 1. The first-order chi connectivity index (χ1) is 7.20. The van der Waals surface area contributed by atoms with Gasteiger partial charge in [-0.15, -0.1) is 0 Å². The van der Waals surface area contributed by atoms with E-state index in [2.05, 4.69) is 38.1 Å². The van der Waals surface area contributed by atoms with Crippen LogP contribution in [0.25, 0.3) is 10.8 Å². The van der Waals surface area contributed by atoms with Gasteiger partial charge in [0, 0.05) is 0 Å². The lowest BCUT2D eigenvalue weighted by atomic mass is 9.98. The molecule has 2 aromatic carbocycles. The first-order valence-corrected chi connectivity index (χ1v) is 5.34. The molecule has 1 N–H and O–H groups in total. The first-order valence-electron chi connectivity index (χ1n) is 5.34. The van der Waals surface area contributed by atoms with Crippen LogP contribution < -0.4 is 0 Å². The maximum atomic E-state index is 9.04. The van der Waals surface area contributed by atoms with Gasteiger partial charge in [-0.1, -0.05) is 44.2 Å². The maximum absolute atomic E-state index is 9.04. The Morgan fingerprint density at radius 1 is 1.00 bits per heavy atom. The van der Waals surface area contributed by atoms with E-state index in [0.29, 0.717) is 5.92 Å². The van der Waals surface area contributed by atoms with E-state index in [1.165, 1.54) is 16.3 Å². The lowest BCUT2D eigenvalue weighted by Crippen LogP contribution is -1.88. The molecule has 0 saturated heterocycles. The van der Waals surface area contributed by atoms with Gasteiger partial charge in [0.1, 0.15) is 0 Å². The summed E-state index contributed by atoms with van der Waals surface area (Å²) in [6.07, 6.45) is 0. The lowest BCUT2D eigenvalue weighted by Gasteiger charge is -2.07. The van der Waals surface area contributed by atoms with Crippen molar-refractivity contribution in [3.05, 3.63) is 47.5 Å². The van der Waals surface area contributed by atoms with Crippen LogP contribution in [0.4, 0.5) is 0 Å². The summed E-state index contributed by atoms with van der Waals surface area (Å²) in [4.78, 5) is 0. The van der Waals surface area contributed by atoms with Crippen molar-refractivity contribution in [1.82, 2.24) is 0 Å². The SMILES string of the molecule is CC(C)c1ccc2cc(CO)ccc2c1. The zero-order chi connectivity index (χ0) is 10.8. The monoisotopic (exact) mass is 200 g/mol. The third-order valence-electron chi connectivity index (χ3n) is 2.78. The number of hydrogen-bond donors (Lipinski definition) is 1. The van der Waals surface area contributed by atoms with Crippen LogP contribution in [0.15, 0.2) is 36.4 Å². The smallest absolute Gasteiger partial charge is 0.0682 e. The predicted molar refractivity (Wildman–Crippen MR) is 64.0 cm³/mol. The van der Waals surface area contributed by atoms with Crippen molar-refractivity contribution in [2.75, 3.05) is 0 Å². The van der Waals surface area contributed by atoms with Crippen LogP contribution in [0, 0.1) is 0 Å². The van der Waals surface area contributed by atoms with Gasteiger partial charge in [-0.2, -0.15) is 0 Å². The average Bonchev–Trinajstić information content (AvgIpc) is 2.27. The summed E-state index contributed by atoms with van der Waals surface area (Å²) in [6, 6.07) is 12.6. The average molecular weight is 200 g/mol. The molecule has 0 saturated carbocycles. The second-order valence-corrected chi connectivity index (χ2v) is 4.25. The summed E-state index contributed by atoms with van der Waals surface area (Å²) in [5.74, 6) is 0.562. The maximum Gasteiger partial charge on any atom is 0.0682 e. The van der Waals surface area contributed by atoms with Gasteiger partial charge < -0.3 is 5.11 Å². The molecule has 0 aliphatic carbocycles. The fourth-order valence-electron chi connectivity index (χ4n) is 1.77. The van der Waals surface area contributed by atoms with Crippen molar-refractivity contribution in [2.45, 2.75) is 26.4 Å². The Balaban J connectivity index is 2.55. The molecule has 0 unspecified atom stereocenters. The van der Waals surface area contributed by atoms with Gasteiger partial charge in [-0.25, -0.2) is 0 Å². The molecule has 0 aliphatic rings. The molecule has 0 heterocycles. The van der Waals surface area contributed by atoms with Crippen LogP contribution in [-0.2, 0) is 6.61 Å². The van der Waals surface area contributed by atoms with Crippen LogP contribution in [0.3, 0.4) is 0 Å². The van der Waals surface area contributed by atoms with Gasteiger partial charge in [0.2, 0.25) is 0 Å². The van der Waals surface area contributed by atoms with Crippen molar-refractivity contribution in [3.63, 3.8) is 0 Å². The fourth-order valence-corrected chi connectivity index (χ4v) is 1.77.